The molecule has 0 aromatic heterocycles. The van der Waals surface area contributed by atoms with Gasteiger partial charge in [-0.2, -0.15) is 4.31 Å². The SMILES string of the molecule is C[C@@H](C(=O)N1CCCCCC1)[NH+]1CCN(S(=O)(=O)c2ccc(F)cc2)CC1. The van der Waals surface area contributed by atoms with Crippen LogP contribution >= 0.6 is 0 Å². The van der Waals surface area contributed by atoms with E-state index in [4.69, 9.17) is 0 Å². The van der Waals surface area contributed by atoms with Gasteiger partial charge in [0.2, 0.25) is 10.0 Å². The molecule has 1 aromatic carbocycles. The maximum atomic E-state index is 13.1. The third-order valence-corrected chi connectivity index (χ3v) is 7.63. The summed E-state index contributed by atoms with van der Waals surface area (Å²) in [5, 5.41) is 0. The third kappa shape index (κ3) is 4.67. The quantitative estimate of drug-likeness (QED) is 0.804. The number of carbonyl (C=O) groups excluding carboxylic acids is 1. The van der Waals surface area contributed by atoms with Crippen LogP contribution in [0.25, 0.3) is 0 Å². The summed E-state index contributed by atoms with van der Waals surface area (Å²) in [6.45, 7) is 5.55. The Morgan fingerprint density at radius 3 is 2.11 bits per heavy atom. The molecule has 0 radical (unpaired) electrons. The van der Waals surface area contributed by atoms with Crippen LogP contribution in [0.2, 0.25) is 0 Å². The van der Waals surface area contributed by atoms with Crippen molar-refractivity contribution in [2.45, 2.75) is 43.5 Å². The molecular weight excluding hydrogens is 369 g/mol. The number of hydrogen-bond acceptors (Lipinski definition) is 3. The van der Waals surface area contributed by atoms with Gasteiger partial charge in [0.25, 0.3) is 5.91 Å². The molecule has 1 aromatic rings. The number of quaternary nitrogens is 1. The fraction of sp³-hybridized carbons (Fsp3) is 0.632. The molecule has 0 bridgehead atoms. The van der Waals surface area contributed by atoms with E-state index in [0.717, 1.165) is 43.0 Å². The zero-order valence-corrected chi connectivity index (χ0v) is 16.7. The lowest BCUT2D eigenvalue weighted by Crippen LogP contribution is -3.19. The highest BCUT2D eigenvalue weighted by atomic mass is 32.2. The molecule has 3 rings (SSSR count). The topological polar surface area (TPSA) is 62.1 Å². The standard InChI is InChI=1S/C19H28FN3O3S/c1-16(19(24)22-10-4-2-3-5-11-22)21-12-14-23(15-13-21)27(25,26)18-8-6-17(20)7-9-18/h6-9,16H,2-5,10-15H2,1H3/p+1/t16-/m0/s1. The number of amides is 1. The molecule has 2 fully saturated rings. The predicted molar refractivity (Wildman–Crippen MR) is 100 cm³/mol. The van der Waals surface area contributed by atoms with Gasteiger partial charge in [-0.3, -0.25) is 4.79 Å². The van der Waals surface area contributed by atoms with Gasteiger partial charge in [-0.25, -0.2) is 12.8 Å². The van der Waals surface area contributed by atoms with Gasteiger partial charge < -0.3 is 9.80 Å². The lowest BCUT2D eigenvalue weighted by molar-refractivity contribution is -0.918. The highest BCUT2D eigenvalue weighted by molar-refractivity contribution is 7.89. The number of nitrogens with zero attached hydrogens (tertiary/aromatic N) is 2. The Bertz CT molecular complexity index is 738. The van der Waals surface area contributed by atoms with Gasteiger partial charge in [0.1, 0.15) is 5.82 Å². The van der Waals surface area contributed by atoms with Crippen LogP contribution in [0.15, 0.2) is 29.2 Å². The molecule has 0 spiro atoms. The Morgan fingerprint density at radius 1 is 1.00 bits per heavy atom. The first-order valence-electron chi connectivity index (χ1n) is 9.78. The minimum Gasteiger partial charge on any atom is -0.338 e. The molecule has 8 heteroatoms. The molecule has 2 saturated heterocycles. The minimum atomic E-state index is -3.62. The average Bonchev–Trinajstić information content (AvgIpc) is 2.97. The number of likely N-dealkylation sites (tertiary alicyclic amines) is 1. The monoisotopic (exact) mass is 398 g/mol. The first-order valence-corrected chi connectivity index (χ1v) is 11.2. The summed E-state index contributed by atoms with van der Waals surface area (Å²) in [4.78, 5) is 16.0. The van der Waals surface area contributed by atoms with Crippen LogP contribution in [0.3, 0.4) is 0 Å². The minimum absolute atomic E-state index is 0.112. The van der Waals surface area contributed by atoms with E-state index < -0.39 is 15.8 Å². The van der Waals surface area contributed by atoms with Crippen molar-refractivity contribution >= 4 is 15.9 Å². The summed E-state index contributed by atoms with van der Waals surface area (Å²) >= 11 is 0. The van der Waals surface area contributed by atoms with Crippen molar-refractivity contribution in [1.29, 1.82) is 0 Å². The molecule has 0 saturated carbocycles. The maximum Gasteiger partial charge on any atom is 0.280 e. The Hall–Kier alpha value is -1.51. The summed E-state index contributed by atoms with van der Waals surface area (Å²) in [5.41, 5.74) is 0. The van der Waals surface area contributed by atoms with Crippen molar-refractivity contribution in [2.75, 3.05) is 39.3 Å². The summed E-state index contributed by atoms with van der Waals surface area (Å²) in [6.07, 6.45) is 4.50. The number of carbonyl (C=O) groups is 1. The highest BCUT2D eigenvalue weighted by Gasteiger charge is 2.35. The van der Waals surface area contributed by atoms with E-state index in [-0.39, 0.29) is 16.8 Å². The van der Waals surface area contributed by atoms with Crippen molar-refractivity contribution in [1.82, 2.24) is 9.21 Å². The lowest BCUT2D eigenvalue weighted by Gasteiger charge is -2.35. The van der Waals surface area contributed by atoms with Crippen molar-refractivity contribution in [2.24, 2.45) is 0 Å². The second-order valence-electron chi connectivity index (χ2n) is 7.48. The maximum absolute atomic E-state index is 13.1. The zero-order chi connectivity index (χ0) is 19.4. The largest absolute Gasteiger partial charge is 0.338 e. The number of piperazine rings is 1. The molecule has 1 atom stereocenters. The Morgan fingerprint density at radius 2 is 1.56 bits per heavy atom. The van der Waals surface area contributed by atoms with E-state index in [9.17, 15) is 17.6 Å². The molecular formula is C19H29FN3O3S+. The first kappa shape index (κ1) is 20.2. The molecule has 1 N–H and O–H groups in total. The number of rotatable bonds is 4. The number of sulfonamides is 1. The molecule has 150 valence electrons. The molecule has 6 nitrogen and oxygen atoms in total. The van der Waals surface area contributed by atoms with Crippen molar-refractivity contribution in [3.63, 3.8) is 0 Å². The van der Waals surface area contributed by atoms with E-state index in [1.807, 2.05) is 11.8 Å². The zero-order valence-electron chi connectivity index (χ0n) is 15.9. The summed E-state index contributed by atoms with van der Waals surface area (Å²) in [6, 6.07) is 4.77. The fourth-order valence-corrected chi connectivity index (χ4v) is 5.38. The predicted octanol–water partition coefficient (Wildman–Crippen LogP) is 0.506. The number of benzene rings is 1. The second kappa shape index (κ2) is 8.67. The van der Waals surface area contributed by atoms with Gasteiger partial charge >= 0.3 is 0 Å². The van der Waals surface area contributed by atoms with Crippen LogP contribution in [-0.4, -0.2) is 68.8 Å². The van der Waals surface area contributed by atoms with E-state index in [0.29, 0.717) is 26.2 Å². The first-order chi connectivity index (χ1) is 12.9. The molecule has 27 heavy (non-hydrogen) atoms. The second-order valence-corrected chi connectivity index (χ2v) is 9.42. The van der Waals surface area contributed by atoms with Gasteiger partial charge in [0.15, 0.2) is 6.04 Å². The molecule has 1 amide bonds. The molecule has 2 aliphatic heterocycles. The third-order valence-electron chi connectivity index (χ3n) is 5.72. The van der Waals surface area contributed by atoms with Crippen molar-refractivity contribution in [3.8, 4) is 0 Å². The van der Waals surface area contributed by atoms with Crippen LogP contribution in [0.5, 0.6) is 0 Å². The van der Waals surface area contributed by atoms with Crippen LogP contribution in [0.4, 0.5) is 4.39 Å². The van der Waals surface area contributed by atoms with Gasteiger partial charge in [-0.1, -0.05) is 12.8 Å². The Balaban J connectivity index is 1.59. The van der Waals surface area contributed by atoms with Gasteiger partial charge in [0.05, 0.1) is 31.1 Å². The van der Waals surface area contributed by atoms with E-state index in [1.54, 1.807) is 0 Å². The van der Waals surface area contributed by atoms with Gasteiger partial charge in [-0.15, -0.1) is 0 Å². The fourth-order valence-electron chi connectivity index (χ4n) is 3.94. The summed E-state index contributed by atoms with van der Waals surface area (Å²) in [7, 11) is -3.62. The van der Waals surface area contributed by atoms with E-state index >= 15 is 0 Å². The lowest BCUT2D eigenvalue weighted by atomic mass is 10.2. The highest BCUT2D eigenvalue weighted by Crippen LogP contribution is 2.16. The smallest absolute Gasteiger partial charge is 0.280 e. The van der Waals surface area contributed by atoms with Gasteiger partial charge in [0, 0.05) is 13.1 Å². The van der Waals surface area contributed by atoms with Crippen LogP contribution < -0.4 is 4.90 Å². The molecule has 2 heterocycles. The van der Waals surface area contributed by atoms with Crippen molar-refractivity contribution < 1.29 is 22.5 Å². The number of nitrogens with one attached hydrogen (secondary N) is 1. The molecule has 0 unspecified atom stereocenters. The average molecular weight is 399 g/mol. The summed E-state index contributed by atoms with van der Waals surface area (Å²) < 4.78 is 39.9. The normalized spacial score (nSPS) is 21.6. The number of halogens is 1. The Labute approximate surface area is 161 Å². The van der Waals surface area contributed by atoms with Crippen LogP contribution in [-0.2, 0) is 14.8 Å². The summed E-state index contributed by atoms with van der Waals surface area (Å²) in [5.74, 6) is -0.272. The van der Waals surface area contributed by atoms with E-state index in [2.05, 4.69) is 0 Å². The van der Waals surface area contributed by atoms with Crippen molar-refractivity contribution in [3.05, 3.63) is 30.1 Å². The van der Waals surface area contributed by atoms with Gasteiger partial charge in [-0.05, 0) is 44.0 Å². The molecule has 2 aliphatic rings. The number of hydrogen-bond donors (Lipinski definition) is 1. The Kier molecular flexibility index (Phi) is 6.49. The van der Waals surface area contributed by atoms with Crippen LogP contribution in [0.1, 0.15) is 32.6 Å². The van der Waals surface area contributed by atoms with E-state index in [1.165, 1.54) is 29.3 Å². The van der Waals surface area contributed by atoms with Crippen LogP contribution in [0, 0.1) is 5.82 Å². The molecule has 0 aliphatic carbocycles.